The van der Waals surface area contributed by atoms with Crippen molar-refractivity contribution in [1.29, 1.82) is 0 Å². The van der Waals surface area contributed by atoms with Crippen LogP contribution in [0.3, 0.4) is 0 Å². The molecule has 0 heterocycles. The Labute approximate surface area is 84.3 Å². The minimum atomic E-state index is -4.70. The van der Waals surface area contributed by atoms with Crippen molar-refractivity contribution in [2.75, 3.05) is 6.54 Å². The SMILES string of the molecule is NCC(O)c1ccc(OC(F)(F)F)cc1. The van der Waals surface area contributed by atoms with Crippen LogP contribution < -0.4 is 10.5 Å². The quantitative estimate of drug-likeness (QED) is 0.814. The molecule has 0 aromatic heterocycles. The Morgan fingerprint density at radius 3 is 2.20 bits per heavy atom. The van der Waals surface area contributed by atoms with E-state index < -0.39 is 12.5 Å². The van der Waals surface area contributed by atoms with Gasteiger partial charge in [-0.15, -0.1) is 13.2 Å². The van der Waals surface area contributed by atoms with Crippen LogP contribution in [0, 0.1) is 0 Å². The van der Waals surface area contributed by atoms with Crippen LogP contribution in [0.2, 0.25) is 0 Å². The van der Waals surface area contributed by atoms with Gasteiger partial charge in [-0.05, 0) is 17.7 Å². The number of hydrogen-bond acceptors (Lipinski definition) is 3. The summed E-state index contributed by atoms with van der Waals surface area (Å²) in [5.74, 6) is -0.324. The Balaban J connectivity index is 2.72. The first-order chi connectivity index (χ1) is 6.92. The molecular weight excluding hydrogens is 211 g/mol. The van der Waals surface area contributed by atoms with E-state index in [2.05, 4.69) is 4.74 Å². The summed E-state index contributed by atoms with van der Waals surface area (Å²) in [6, 6.07) is 4.92. The third-order valence-corrected chi connectivity index (χ3v) is 1.72. The molecule has 0 saturated carbocycles. The minimum absolute atomic E-state index is 0.0134. The second-order valence-corrected chi connectivity index (χ2v) is 2.87. The lowest BCUT2D eigenvalue weighted by Gasteiger charge is -2.11. The first-order valence-electron chi connectivity index (χ1n) is 4.16. The molecule has 0 saturated heterocycles. The maximum atomic E-state index is 11.8. The van der Waals surface area contributed by atoms with Crippen molar-refractivity contribution in [3.63, 3.8) is 0 Å². The first kappa shape index (κ1) is 11.8. The van der Waals surface area contributed by atoms with Crippen molar-refractivity contribution in [1.82, 2.24) is 0 Å². The predicted octanol–water partition coefficient (Wildman–Crippen LogP) is 1.58. The smallest absolute Gasteiger partial charge is 0.406 e. The zero-order valence-corrected chi connectivity index (χ0v) is 7.66. The Hall–Kier alpha value is -1.27. The van der Waals surface area contributed by atoms with E-state index in [1.54, 1.807) is 0 Å². The van der Waals surface area contributed by atoms with Crippen molar-refractivity contribution >= 4 is 0 Å². The summed E-state index contributed by atoms with van der Waals surface area (Å²) in [7, 11) is 0. The van der Waals surface area contributed by atoms with Crippen LogP contribution in [-0.2, 0) is 0 Å². The zero-order chi connectivity index (χ0) is 11.5. The highest BCUT2D eigenvalue weighted by molar-refractivity contribution is 5.28. The number of ether oxygens (including phenoxy) is 1. The summed E-state index contributed by atoms with van der Waals surface area (Å²) in [6.45, 7) is 0.0134. The predicted molar refractivity (Wildman–Crippen MR) is 47.1 cm³/mol. The lowest BCUT2D eigenvalue weighted by atomic mass is 10.1. The summed E-state index contributed by atoms with van der Waals surface area (Å²) < 4.78 is 39.0. The molecule has 3 N–H and O–H groups in total. The topological polar surface area (TPSA) is 55.5 Å². The van der Waals surface area contributed by atoms with Crippen LogP contribution in [0.15, 0.2) is 24.3 Å². The first-order valence-corrected chi connectivity index (χ1v) is 4.16. The molecule has 0 amide bonds. The fraction of sp³-hybridized carbons (Fsp3) is 0.333. The van der Waals surface area contributed by atoms with Gasteiger partial charge >= 0.3 is 6.36 Å². The van der Waals surface area contributed by atoms with Gasteiger partial charge in [0.1, 0.15) is 5.75 Å². The van der Waals surface area contributed by atoms with Gasteiger partial charge in [-0.3, -0.25) is 0 Å². The Morgan fingerprint density at radius 1 is 1.27 bits per heavy atom. The Bertz CT molecular complexity index is 310. The van der Waals surface area contributed by atoms with Crippen LogP contribution in [0.25, 0.3) is 0 Å². The highest BCUT2D eigenvalue weighted by Gasteiger charge is 2.30. The van der Waals surface area contributed by atoms with Crippen LogP contribution in [0.1, 0.15) is 11.7 Å². The van der Waals surface area contributed by atoms with E-state index >= 15 is 0 Å². The molecule has 1 atom stereocenters. The molecule has 84 valence electrons. The monoisotopic (exact) mass is 221 g/mol. The largest absolute Gasteiger partial charge is 0.573 e. The molecule has 1 aromatic carbocycles. The van der Waals surface area contributed by atoms with Crippen LogP contribution in [0.4, 0.5) is 13.2 Å². The summed E-state index contributed by atoms with van der Waals surface area (Å²) in [4.78, 5) is 0. The van der Waals surface area contributed by atoms with E-state index in [-0.39, 0.29) is 12.3 Å². The number of aliphatic hydroxyl groups excluding tert-OH is 1. The molecule has 0 aliphatic rings. The van der Waals surface area contributed by atoms with Gasteiger partial charge in [0.15, 0.2) is 0 Å². The number of aliphatic hydroxyl groups is 1. The van der Waals surface area contributed by atoms with E-state index in [0.29, 0.717) is 5.56 Å². The molecule has 0 bridgehead atoms. The summed E-state index contributed by atoms with van der Waals surface area (Å²) in [5.41, 5.74) is 5.63. The lowest BCUT2D eigenvalue weighted by Crippen LogP contribution is -2.17. The third-order valence-electron chi connectivity index (χ3n) is 1.72. The van der Waals surface area contributed by atoms with Gasteiger partial charge in [0.05, 0.1) is 6.10 Å². The van der Waals surface area contributed by atoms with Gasteiger partial charge in [0, 0.05) is 6.54 Å². The van der Waals surface area contributed by atoms with Gasteiger partial charge < -0.3 is 15.6 Å². The molecule has 1 aromatic rings. The molecule has 0 fully saturated rings. The van der Waals surface area contributed by atoms with Crippen LogP contribution in [-0.4, -0.2) is 18.0 Å². The molecule has 1 rings (SSSR count). The second-order valence-electron chi connectivity index (χ2n) is 2.87. The average molecular weight is 221 g/mol. The van der Waals surface area contributed by atoms with Crippen molar-refractivity contribution in [3.8, 4) is 5.75 Å². The molecule has 0 aliphatic heterocycles. The number of hydrogen-bond donors (Lipinski definition) is 2. The van der Waals surface area contributed by atoms with Crippen molar-refractivity contribution in [2.24, 2.45) is 5.73 Å². The average Bonchev–Trinajstić information content (AvgIpc) is 2.15. The standard InChI is InChI=1S/C9H10F3NO2/c10-9(11,12)15-7-3-1-6(2-4-7)8(14)5-13/h1-4,8,14H,5,13H2. The lowest BCUT2D eigenvalue weighted by molar-refractivity contribution is -0.274. The molecular formula is C9H10F3NO2. The van der Waals surface area contributed by atoms with Gasteiger partial charge in [-0.2, -0.15) is 0 Å². The second kappa shape index (κ2) is 4.50. The van der Waals surface area contributed by atoms with E-state index in [1.165, 1.54) is 12.1 Å². The minimum Gasteiger partial charge on any atom is -0.406 e. The third kappa shape index (κ3) is 3.77. The van der Waals surface area contributed by atoms with Crippen LogP contribution >= 0.6 is 0 Å². The highest BCUT2D eigenvalue weighted by atomic mass is 19.4. The summed E-state index contributed by atoms with van der Waals surface area (Å²) in [5, 5.41) is 9.26. The van der Waals surface area contributed by atoms with Gasteiger partial charge in [-0.1, -0.05) is 12.1 Å². The van der Waals surface area contributed by atoms with Crippen LogP contribution in [0.5, 0.6) is 5.75 Å². The summed E-state index contributed by atoms with van der Waals surface area (Å²) >= 11 is 0. The maximum absolute atomic E-state index is 11.8. The molecule has 0 aliphatic carbocycles. The van der Waals surface area contributed by atoms with Gasteiger partial charge in [0.25, 0.3) is 0 Å². The number of nitrogens with two attached hydrogens (primary N) is 1. The molecule has 0 radical (unpaired) electrons. The Kier molecular flexibility index (Phi) is 3.54. The summed E-state index contributed by atoms with van der Waals surface area (Å²) in [6.07, 6.45) is -5.57. The van der Waals surface area contributed by atoms with Crippen molar-refractivity contribution < 1.29 is 23.0 Å². The molecule has 1 unspecified atom stereocenters. The maximum Gasteiger partial charge on any atom is 0.573 e. The van der Waals surface area contributed by atoms with E-state index in [1.807, 2.05) is 0 Å². The van der Waals surface area contributed by atoms with Gasteiger partial charge in [-0.25, -0.2) is 0 Å². The highest BCUT2D eigenvalue weighted by Crippen LogP contribution is 2.24. The number of alkyl halides is 3. The van der Waals surface area contributed by atoms with Crippen molar-refractivity contribution in [2.45, 2.75) is 12.5 Å². The van der Waals surface area contributed by atoms with Gasteiger partial charge in [0.2, 0.25) is 0 Å². The zero-order valence-electron chi connectivity index (χ0n) is 7.66. The normalized spacial score (nSPS) is 13.7. The fourth-order valence-electron chi connectivity index (χ4n) is 1.03. The van der Waals surface area contributed by atoms with Crippen molar-refractivity contribution in [3.05, 3.63) is 29.8 Å². The Morgan fingerprint density at radius 2 is 1.80 bits per heavy atom. The van der Waals surface area contributed by atoms with E-state index in [9.17, 15) is 18.3 Å². The fourth-order valence-corrected chi connectivity index (χ4v) is 1.03. The molecule has 6 heteroatoms. The molecule has 15 heavy (non-hydrogen) atoms. The van der Waals surface area contributed by atoms with E-state index in [0.717, 1.165) is 12.1 Å². The molecule has 0 spiro atoms. The van der Waals surface area contributed by atoms with E-state index in [4.69, 9.17) is 5.73 Å². The molecule has 3 nitrogen and oxygen atoms in total. The number of benzene rings is 1. The number of rotatable bonds is 3. The number of halogens is 3.